The first kappa shape index (κ1) is 9.93. The van der Waals surface area contributed by atoms with E-state index < -0.39 is 0 Å². The average molecular weight is 199 g/mol. The number of morpholine rings is 1. The van der Waals surface area contributed by atoms with Crippen molar-refractivity contribution < 1.29 is 14.3 Å². The molecule has 0 aromatic carbocycles. The van der Waals surface area contributed by atoms with Crippen LogP contribution in [0.1, 0.15) is 25.7 Å². The first-order chi connectivity index (χ1) is 6.74. The Hall–Kier alpha value is -0.610. The fourth-order valence-corrected chi connectivity index (χ4v) is 2.04. The number of esters is 1. The number of nitrogens with one attached hydrogen (secondary N) is 1. The van der Waals surface area contributed by atoms with Gasteiger partial charge in [0, 0.05) is 12.1 Å². The molecule has 2 rings (SSSR count). The fraction of sp³-hybridized carbons (Fsp3) is 0.900. The van der Waals surface area contributed by atoms with E-state index in [-0.39, 0.29) is 17.6 Å². The average Bonchev–Trinajstić information content (AvgIpc) is 2.16. The van der Waals surface area contributed by atoms with Gasteiger partial charge in [0.1, 0.15) is 0 Å². The second-order valence-corrected chi connectivity index (χ2v) is 4.23. The first-order valence-corrected chi connectivity index (χ1v) is 5.18. The van der Waals surface area contributed by atoms with Crippen LogP contribution in [0.5, 0.6) is 0 Å². The number of ether oxygens (including phenoxy) is 2. The lowest BCUT2D eigenvalue weighted by Gasteiger charge is -2.47. The first-order valence-electron chi connectivity index (χ1n) is 5.18. The molecular weight excluding hydrogens is 182 g/mol. The Labute approximate surface area is 84.0 Å². The maximum Gasteiger partial charge on any atom is 0.308 e. The molecule has 2 aliphatic rings. The molecule has 0 bridgehead atoms. The van der Waals surface area contributed by atoms with Gasteiger partial charge in [-0.05, 0) is 19.3 Å². The molecule has 1 N–H and O–H groups in total. The maximum absolute atomic E-state index is 11.0. The van der Waals surface area contributed by atoms with E-state index in [9.17, 15) is 4.79 Å². The third-order valence-corrected chi connectivity index (χ3v) is 3.23. The zero-order chi connectivity index (χ0) is 10.0. The van der Waals surface area contributed by atoms with Crippen molar-refractivity contribution >= 4 is 5.97 Å². The summed E-state index contributed by atoms with van der Waals surface area (Å²) in [5.74, 6) is -0.193. The van der Waals surface area contributed by atoms with Crippen LogP contribution in [-0.4, -0.2) is 37.9 Å². The summed E-state index contributed by atoms with van der Waals surface area (Å²) in [6.45, 7) is 1.52. The number of carbonyl (C=O) groups is 1. The van der Waals surface area contributed by atoms with E-state index in [4.69, 9.17) is 4.74 Å². The molecule has 1 aliphatic heterocycles. The summed E-state index contributed by atoms with van der Waals surface area (Å²) in [7, 11) is 1.41. The van der Waals surface area contributed by atoms with E-state index in [1.54, 1.807) is 0 Å². The highest BCUT2D eigenvalue weighted by atomic mass is 16.5. The van der Waals surface area contributed by atoms with Crippen LogP contribution in [0.3, 0.4) is 0 Å². The van der Waals surface area contributed by atoms with Crippen LogP contribution < -0.4 is 5.32 Å². The molecule has 80 valence electrons. The van der Waals surface area contributed by atoms with Crippen LogP contribution in [0, 0.1) is 0 Å². The van der Waals surface area contributed by atoms with Gasteiger partial charge in [0.25, 0.3) is 0 Å². The Morgan fingerprint density at radius 2 is 2.43 bits per heavy atom. The van der Waals surface area contributed by atoms with E-state index >= 15 is 0 Å². The lowest BCUT2D eigenvalue weighted by Crippen LogP contribution is -2.61. The zero-order valence-corrected chi connectivity index (χ0v) is 8.54. The summed E-state index contributed by atoms with van der Waals surface area (Å²) >= 11 is 0. The van der Waals surface area contributed by atoms with Crippen LogP contribution >= 0.6 is 0 Å². The van der Waals surface area contributed by atoms with Gasteiger partial charge in [-0.3, -0.25) is 4.79 Å². The van der Waals surface area contributed by atoms with Gasteiger partial charge < -0.3 is 14.8 Å². The predicted molar refractivity (Wildman–Crippen MR) is 51.0 cm³/mol. The topological polar surface area (TPSA) is 47.6 Å². The largest absolute Gasteiger partial charge is 0.469 e. The third kappa shape index (κ3) is 1.91. The van der Waals surface area contributed by atoms with Crippen LogP contribution in [0.25, 0.3) is 0 Å². The molecule has 0 aromatic heterocycles. The molecule has 1 heterocycles. The molecule has 0 amide bonds. The summed E-state index contributed by atoms with van der Waals surface area (Å²) in [6, 6.07) is 0. The number of carbonyl (C=O) groups excluding carboxylic acids is 1. The molecule has 2 fully saturated rings. The normalized spacial score (nSPS) is 29.6. The molecule has 1 spiro atoms. The number of rotatable bonds is 2. The van der Waals surface area contributed by atoms with Crippen LogP contribution in [0.15, 0.2) is 0 Å². The van der Waals surface area contributed by atoms with E-state index in [1.807, 2.05) is 0 Å². The monoisotopic (exact) mass is 199 g/mol. The Kier molecular flexibility index (Phi) is 2.74. The molecule has 1 saturated carbocycles. The van der Waals surface area contributed by atoms with Crippen molar-refractivity contribution in [3.05, 3.63) is 0 Å². The molecule has 4 nitrogen and oxygen atoms in total. The van der Waals surface area contributed by atoms with Gasteiger partial charge in [0.2, 0.25) is 0 Å². The van der Waals surface area contributed by atoms with Gasteiger partial charge in [-0.2, -0.15) is 0 Å². The maximum atomic E-state index is 11.0. The highest BCUT2D eigenvalue weighted by molar-refractivity contribution is 5.69. The van der Waals surface area contributed by atoms with Crippen LogP contribution in [-0.2, 0) is 14.3 Å². The third-order valence-electron chi connectivity index (χ3n) is 3.23. The fourth-order valence-electron chi connectivity index (χ4n) is 2.04. The Bertz CT molecular complexity index is 215. The van der Waals surface area contributed by atoms with Gasteiger partial charge in [-0.25, -0.2) is 0 Å². The Balaban J connectivity index is 1.75. The highest BCUT2D eigenvalue weighted by Crippen LogP contribution is 2.34. The summed E-state index contributed by atoms with van der Waals surface area (Å²) in [4.78, 5) is 11.0. The molecular formula is C10H17NO3. The van der Waals surface area contributed by atoms with Gasteiger partial charge in [0.05, 0.1) is 26.2 Å². The van der Waals surface area contributed by atoms with Crippen molar-refractivity contribution in [2.24, 2.45) is 0 Å². The minimum absolute atomic E-state index is 0.00586. The van der Waals surface area contributed by atoms with Gasteiger partial charge in [0.15, 0.2) is 0 Å². The van der Waals surface area contributed by atoms with Crippen molar-refractivity contribution in [3.8, 4) is 0 Å². The number of hydrogen-bond donors (Lipinski definition) is 1. The molecule has 14 heavy (non-hydrogen) atoms. The molecule has 1 aliphatic carbocycles. The number of methoxy groups -OCH3 is 1. The van der Waals surface area contributed by atoms with E-state index in [2.05, 4.69) is 10.1 Å². The predicted octanol–water partition coefficient (Wildman–Crippen LogP) is 0.461. The molecule has 0 aromatic rings. The van der Waals surface area contributed by atoms with Gasteiger partial charge >= 0.3 is 5.97 Å². The lowest BCUT2D eigenvalue weighted by molar-refractivity contribution is -0.146. The van der Waals surface area contributed by atoms with Crippen molar-refractivity contribution in [3.63, 3.8) is 0 Å². The molecule has 1 atom stereocenters. The minimum Gasteiger partial charge on any atom is -0.469 e. The summed E-state index contributed by atoms with van der Waals surface area (Å²) < 4.78 is 10.2. The van der Waals surface area contributed by atoms with Crippen molar-refractivity contribution in [2.45, 2.75) is 37.3 Å². The minimum atomic E-state index is -0.193. The van der Waals surface area contributed by atoms with E-state index in [1.165, 1.54) is 26.4 Å². The van der Waals surface area contributed by atoms with Crippen LogP contribution in [0.2, 0.25) is 0 Å². The molecule has 1 saturated heterocycles. The second kappa shape index (κ2) is 3.87. The number of hydrogen-bond acceptors (Lipinski definition) is 4. The second-order valence-electron chi connectivity index (χ2n) is 4.23. The summed E-state index contributed by atoms with van der Waals surface area (Å²) in [5.41, 5.74) is 0.243. The smallest absolute Gasteiger partial charge is 0.308 e. The lowest BCUT2D eigenvalue weighted by atomic mass is 9.76. The molecule has 1 unspecified atom stereocenters. The van der Waals surface area contributed by atoms with Crippen molar-refractivity contribution in [1.29, 1.82) is 0 Å². The Morgan fingerprint density at radius 3 is 2.86 bits per heavy atom. The molecule has 4 heteroatoms. The van der Waals surface area contributed by atoms with Gasteiger partial charge in [-0.15, -0.1) is 0 Å². The zero-order valence-electron chi connectivity index (χ0n) is 8.54. The van der Waals surface area contributed by atoms with Crippen molar-refractivity contribution in [2.75, 3.05) is 20.3 Å². The quantitative estimate of drug-likeness (QED) is 0.656. The van der Waals surface area contributed by atoms with Crippen LogP contribution in [0.4, 0.5) is 0 Å². The standard InChI is InChI=1S/C10H17NO3/c1-13-9(12)5-8-6-11-10(7-14-8)3-2-4-10/h8,11H,2-7H2,1H3. The van der Waals surface area contributed by atoms with E-state index in [0.717, 1.165) is 13.2 Å². The van der Waals surface area contributed by atoms with Gasteiger partial charge in [-0.1, -0.05) is 0 Å². The highest BCUT2D eigenvalue weighted by Gasteiger charge is 2.40. The van der Waals surface area contributed by atoms with E-state index in [0.29, 0.717) is 6.42 Å². The molecule has 0 radical (unpaired) electrons. The summed E-state index contributed by atoms with van der Waals surface area (Å²) in [6.07, 6.45) is 4.06. The Morgan fingerprint density at radius 1 is 1.64 bits per heavy atom. The summed E-state index contributed by atoms with van der Waals surface area (Å²) in [5, 5.41) is 3.48. The van der Waals surface area contributed by atoms with Crippen molar-refractivity contribution in [1.82, 2.24) is 5.32 Å². The SMILES string of the molecule is COC(=O)CC1CNC2(CCC2)CO1.